The van der Waals surface area contributed by atoms with Crippen LogP contribution in [-0.2, 0) is 5.41 Å². The first-order chi connectivity index (χ1) is 19.5. The van der Waals surface area contributed by atoms with E-state index in [2.05, 4.69) is 139 Å². The summed E-state index contributed by atoms with van der Waals surface area (Å²) in [6.45, 7) is 4.68. The van der Waals surface area contributed by atoms with E-state index in [1.807, 2.05) is 12.1 Å². The minimum absolute atomic E-state index is 0.0199. The zero-order valence-corrected chi connectivity index (χ0v) is 24.2. The van der Waals surface area contributed by atoms with Crippen molar-refractivity contribution in [3.8, 4) is 33.6 Å². The molecule has 1 unspecified atom stereocenters. The molecule has 7 rings (SSSR count). The Hall–Kier alpha value is -4.08. The number of hydrogen-bond acceptors (Lipinski definition) is 2. The van der Waals surface area contributed by atoms with Crippen LogP contribution in [0.5, 0.6) is 0 Å². The standard InChI is InChI=1S/C37H29BrN2/c1-37(2)32-16-10-9-15-30(32)31-18-17-26(22-33(31)37)27-19-28(21-29(38)20-27)36-39-34(24-11-5-3-6-12-24)23-35(40-36)25-13-7-4-8-14-25/h3-18,20-23,27H,19H2,1-2H3. The van der Waals surface area contributed by atoms with Gasteiger partial charge in [0.15, 0.2) is 5.82 Å². The number of nitrogens with zero attached hydrogens (tertiary/aromatic N) is 2. The van der Waals surface area contributed by atoms with Gasteiger partial charge in [0.1, 0.15) is 0 Å². The molecular formula is C37H29BrN2. The number of fused-ring (bicyclic) bond motifs is 3. The summed E-state index contributed by atoms with van der Waals surface area (Å²) in [6, 6.07) is 38.7. The van der Waals surface area contributed by atoms with Crippen molar-refractivity contribution in [2.75, 3.05) is 0 Å². The molecule has 0 radical (unpaired) electrons. The molecule has 4 aromatic carbocycles. The Morgan fingerprint density at radius 2 is 1.27 bits per heavy atom. The summed E-state index contributed by atoms with van der Waals surface area (Å²) in [4.78, 5) is 10.2. The van der Waals surface area contributed by atoms with Crippen molar-refractivity contribution in [2.45, 2.75) is 31.6 Å². The van der Waals surface area contributed by atoms with E-state index >= 15 is 0 Å². The van der Waals surface area contributed by atoms with Crippen LogP contribution in [0, 0.1) is 0 Å². The fraction of sp³-hybridized carbons (Fsp3) is 0.135. The molecule has 2 nitrogen and oxygen atoms in total. The van der Waals surface area contributed by atoms with Crippen molar-refractivity contribution in [1.29, 1.82) is 0 Å². The van der Waals surface area contributed by atoms with Crippen LogP contribution >= 0.6 is 15.9 Å². The van der Waals surface area contributed by atoms with Gasteiger partial charge in [-0.15, -0.1) is 0 Å². The van der Waals surface area contributed by atoms with Gasteiger partial charge in [-0.3, -0.25) is 0 Å². The first-order valence-corrected chi connectivity index (χ1v) is 14.6. The van der Waals surface area contributed by atoms with Gasteiger partial charge >= 0.3 is 0 Å². The average molecular weight is 582 g/mol. The molecule has 0 fully saturated rings. The number of aromatic nitrogens is 2. The zero-order chi connectivity index (χ0) is 27.3. The molecule has 2 aliphatic carbocycles. The van der Waals surface area contributed by atoms with Gasteiger partial charge in [0.2, 0.25) is 0 Å². The SMILES string of the molecule is CC1(C)c2ccccc2-c2ccc(C3C=C(Br)C=C(c4nc(-c5ccccc5)cc(-c5ccccc5)n4)C3)cc21. The van der Waals surface area contributed by atoms with Crippen LogP contribution < -0.4 is 0 Å². The molecule has 0 saturated carbocycles. The quantitative estimate of drug-likeness (QED) is 0.211. The van der Waals surface area contributed by atoms with Gasteiger partial charge in [0, 0.05) is 26.9 Å². The maximum atomic E-state index is 5.10. The third-order valence-corrected chi connectivity index (χ3v) is 8.79. The summed E-state index contributed by atoms with van der Waals surface area (Å²) in [5, 5.41) is 0. The first kappa shape index (κ1) is 24.9. The van der Waals surface area contributed by atoms with Crippen molar-refractivity contribution in [3.05, 3.63) is 148 Å². The highest BCUT2D eigenvalue weighted by Crippen LogP contribution is 2.50. The summed E-state index contributed by atoms with van der Waals surface area (Å²) in [6.07, 6.45) is 5.34. The molecule has 1 aromatic heterocycles. The molecule has 3 heteroatoms. The number of hydrogen-bond donors (Lipinski definition) is 0. The van der Waals surface area contributed by atoms with Gasteiger partial charge in [-0.05, 0) is 52.0 Å². The predicted molar refractivity (Wildman–Crippen MR) is 169 cm³/mol. The van der Waals surface area contributed by atoms with E-state index < -0.39 is 0 Å². The van der Waals surface area contributed by atoms with Crippen molar-refractivity contribution in [3.63, 3.8) is 0 Å². The number of allylic oxidation sites excluding steroid dienone is 4. The highest BCUT2D eigenvalue weighted by Gasteiger charge is 2.35. The van der Waals surface area contributed by atoms with E-state index in [1.165, 1.54) is 27.8 Å². The van der Waals surface area contributed by atoms with Crippen LogP contribution in [0.4, 0.5) is 0 Å². The van der Waals surface area contributed by atoms with E-state index in [0.29, 0.717) is 0 Å². The minimum atomic E-state index is -0.0199. The first-order valence-electron chi connectivity index (χ1n) is 13.8. The molecule has 194 valence electrons. The second-order valence-electron chi connectivity index (χ2n) is 11.2. The molecular weight excluding hydrogens is 552 g/mol. The number of benzene rings is 4. The molecule has 0 N–H and O–H groups in total. The molecule has 1 heterocycles. The normalized spacial score (nSPS) is 17.0. The molecule has 2 aliphatic rings. The topological polar surface area (TPSA) is 25.8 Å². The van der Waals surface area contributed by atoms with Gasteiger partial charge in [-0.25, -0.2) is 9.97 Å². The predicted octanol–water partition coefficient (Wildman–Crippen LogP) is 9.97. The van der Waals surface area contributed by atoms with Crippen LogP contribution in [0.15, 0.2) is 126 Å². The van der Waals surface area contributed by atoms with Crippen LogP contribution in [0.2, 0.25) is 0 Å². The minimum Gasteiger partial charge on any atom is -0.228 e. The molecule has 40 heavy (non-hydrogen) atoms. The third kappa shape index (κ3) is 4.35. The Labute approximate surface area is 244 Å². The lowest BCUT2D eigenvalue weighted by Crippen LogP contribution is -2.15. The summed E-state index contributed by atoms with van der Waals surface area (Å²) in [5.74, 6) is 1.01. The average Bonchev–Trinajstić information content (AvgIpc) is 3.23. The summed E-state index contributed by atoms with van der Waals surface area (Å²) < 4.78 is 1.07. The molecule has 1 atom stereocenters. The van der Waals surface area contributed by atoms with Crippen LogP contribution in [0.25, 0.3) is 39.2 Å². The van der Waals surface area contributed by atoms with Crippen molar-refractivity contribution < 1.29 is 0 Å². The van der Waals surface area contributed by atoms with E-state index in [0.717, 1.165) is 44.8 Å². The summed E-state index contributed by atoms with van der Waals surface area (Å²) in [5.41, 5.74) is 12.0. The Morgan fingerprint density at radius 3 is 1.95 bits per heavy atom. The monoisotopic (exact) mass is 580 g/mol. The van der Waals surface area contributed by atoms with Gasteiger partial charge in [0.05, 0.1) is 11.4 Å². The Bertz CT molecular complexity index is 1740. The number of halogens is 1. The highest BCUT2D eigenvalue weighted by atomic mass is 79.9. The van der Waals surface area contributed by atoms with Crippen LogP contribution in [0.3, 0.4) is 0 Å². The Balaban J connectivity index is 1.28. The fourth-order valence-electron chi connectivity index (χ4n) is 6.19. The summed E-state index contributed by atoms with van der Waals surface area (Å²) in [7, 11) is 0. The summed E-state index contributed by atoms with van der Waals surface area (Å²) >= 11 is 3.83. The smallest absolute Gasteiger partial charge is 0.156 e. The molecule has 0 bridgehead atoms. The second kappa shape index (κ2) is 9.83. The van der Waals surface area contributed by atoms with Crippen LogP contribution in [0.1, 0.15) is 48.7 Å². The number of rotatable bonds is 4. The van der Waals surface area contributed by atoms with Crippen molar-refractivity contribution in [2.24, 2.45) is 0 Å². The lowest BCUT2D eigenvalue weighted by molar-refractivity contribution is 0.658. The molecule has 5 aromatic rings. The van der Waals surface area contributed by atoms with Gasteiger partial charge in [-0.1, -0.05) is 139 Å². The zero-order valence-electron chi connectivity index (χ0n) is 22.6. The second-order valence-corrected chi connectivity index (χ2v) is 12.1. The molecule has 0 spiro atoms. The lowest BCUT2D eigenvalue weighted by Gasteiger charge is -2.25. The Kier molecular flexibility index (Phi) is 6.13. The van der Waals surface area contributed by atoms with Crippen LogP contribution in [-0.4, -0.2) is 9.97 Å². The third-order valence-electron chi connectivity index (χ3n) is 8.30. The maximum absolute atomic E-state index is 5.10. The van der Waals surface area contributed by atoms with Gasteiger partial charge < -0.3 is 0 Å². The van der Waals surface area contributed by atoms with E-state index in [4.69, 9.17) is 9.97 Å². The fourth-order valence-corrected chi connectivity index (χ4v) is 6.78. The molecule has 0 saturated heterocycles. The molecule has 0 amide bonds. The van der Waals surface area contributed by atoms with E-state index in [9.17, 15) is 0 Å². The van der Waals surface area contributed by atoms with E-state index in [-0.39, 0.29) is 11.3 Å². The van der Waals surface area contributed by atoms with Crippen molar-refractivity contribution >= 4 is 21.5 Å². The lowest BCUT2D eigenvalue weighted by atomic mass is 9.80. The molecule has 0 aliphatic heterocycles. The van der Waals surface area contributed by atoms with Crippen molar-refractivity contribution in [1.82, 2.24) is 9.97 Å². The van der Waals surface area contributed by atoms with Gasteiger partial charge in [-0.2, -0.15) is 0 Å². The Morgan fingerprint density at radius 1 is 0.675 bits per heavy atom. The van der Waals surface area contributed by atoms with Gasteiger partial charge in [0.25, 0.3) is 0 Å². The maximum Gasteiger partial charge on any atom is 0.156 e. The van der Waals surface area contributed by atoms with E-state index in [1.54, 1.807) is 0 Å². The largest absolute Gasteiger partial charge is 0.228 e. The highest BCUT2D eigenvalue weighted by molar-refractivity contribution is 9.11.